The first kappa shape index (κ1) is 11.3. The molecule has 1 heterocycles. The van der Waals surface area contributed by atoms with Crippen LogP contribution >= 0.6 is 0 Å². The van der Waals surface area contributed by atoms with Crippen molar-refractivity contribution < 1.29 is 0 Å². The fourth-order valence-corrected chi connectivity index (χ4v) is 1.48. The van der Waals surface area contributed by atoms with Crippen LogP contribution in [0.15, 0.2) is 42.7 Å². The maximum absolute atomic E-state index is 3.83. The molecule has 0 atom stereocenters. The molecule has 0 N–H and O–H groups in total. The average molecular weight is 225 g/mol. The molecule has 1 aromatic heterocycles. The number of aromatic nitrogens is 2. The minimum Gasteiger partial charge on any atom is -0.378 e. The van der Waals surface area contributed by atoms with E-state index in [1.165, 1.54) is 11.3 Å². The van der Waals surface area contributed by atoms with E-state index in [9.17, 15) is 0 Å². The van der Waals surface area contributed by atoms with E-state index in [1.54, 1.807) is 12.4 Å². The van der Waals surface area contributed by atoms with Crippen molar-refractivity contribution in [2.45, 2.75) is 0 Å². The molecule has 0 aliphatic rings. The summed E-state index contributed by atoms with van der Waals surface area (Å²) >= 11 is 0. The molecule has 0 amide bonds. The number of rotatable bonds is 3. The molecule has 0 bridgehead atoms. The highest BCUT2D eigenvalue weighted by molar-refractivity contribution is 5.69. The fraction of sp³-hybridized carbons (Fsp3) is 0.143. The van der Waals surface area contributed by atoms with Gasteiger partial charge in [-0.3, -0.25) is 0 Å². The number of hydrogen-bond donors (Lipinski definition) is 0. The number of nitrogens with zero attached hydrogens (tertiary/aromatic N) is 3. The van der Waals surface area contributed by atoms with Crippen molar-refractivity contribution in [2.24, 2.45) is 0 Å². The van der Waals surface area contributed by atoms with Crippen molar-refractivity contribution in [3.63, 3.8) is 0 Å². The summed E-state index contributed by atoms with van der Waals surface area (Å²) in [6.45, 7) is 0. The van der Waals surface area contributed by atoms with E-state index in [4.69, 9.17) is 0 Å². The second kappa shape index (κ2) is 5.25. The van der Waals surface area contributed by atoms with Crippen LogP contribution in [0.3, 0.4) is 0 Å². The summed E-state index contributed by atoms with van der Waals surface area (Å²) in [6.07, 6.45) is 7.52. The molecular weight excluding hydrogens is 210 g/mol. The molecule has 0 aliphatic carbocycles. The third-order valence-electron chi connectivity index (χ3n) is 2.48. The van der Waals surface area contributed by atoms with Gasteiger partial charge in [0.1, 0.15) is 0 Å². The van der Waals surface area contributed by atoms with E-state index < -0.39 is 0 Å². The molecule has 0 unspecified atom stereocenters. The molecular formula is C14H15N3. The molecule has 0 fully saturated rings. The highest BCUT2D eigenvalue weighted by Gasteiger charge is 1.93. The molecule has 0 radical (unpaired) electrons. The van der Waals surface area contributed by atoms with E-state index in [-0.39, 0.29) is 0 Å². The van der Waals surface area contributed by atoms with Gasteiger partial charge in [-0.25, -0.2) is 0 Å². The number of hydrogen-bond acceptors (Lipinski definition) is 3. The second-order valence-corrected chi connectivity index (χ2v) is 4.00. The zero-order chi connectivity index (χ0) is 12.1. The molecule has 0 saturated carbocycles. The van der Waals surface area contributed by atoms with E-state index in [2.05, 4.69) is 45.4 Å². The van der Waals surface area contributed by atoms with Gasteiger partial charge in [-0.1, -0.05) is 24.3 Å². The zero-order valence-electron chi connectivity index (χ0n) is 10.0. The summed E-state index contributed by atoms with van der Waals surface area (Å²) in [4.78, 5) is 2.08. The standard InChI is InChI=1S/C14H15N3/c1-17(2)14-7-5-12(6-8-14)3-4-13-9-10-15-16-11-13/h3-11H,1-2H3. The quantitative estimate of drug-likeness (QED) is 0.804. The Hall–Kier alpha value is -2.16. The number of anilines is 1. The van der Waals surface area contributed by atoms with E-state index in [1.807, 2.05) is 26.2 Å². The third kappa shape index (κ3) is 3.14. The average Bonchev–Trinajstić information content (AvgIpc) is 2.38. The SMILES string of the molecule is CN(C)c1ccc(C=Cc2ccnnc2)cc1. The summed E-state index contributed by atoms with van der Waals surface area (Å²) in [7, 11) is 4.07. The first-order chi connectivity index (χ1) is 8.25. The normalized spacial score (nSPS) is 10.7. The molecule has 86 valence electrons. The van der Waals surface area contributed by atoms with Crippen molar-refractivity contribution in [1.82, 2.24) is 10.2 Å². The number of benzene rings is 1. The van der Waals surface area contributed by atoms with Gasteiger partial charge in [-0.2, -0.15) is 10.2 Å². The predicted octanol–water partition coefficient (Wildman–Crippen LogP) is 2.71. The molecule has 3 heteroatoms. The Morgan fingerprint density at radius 1 is 0.882 bits per heavy atom. The van der Waals surface area contributed by atoms with Crippen LogP contribution in [0.25, 0.3) is 12.2 Å². The van der Waals surface area contributed by atoms with Gasteiger partial charge in [0.2, 0.25) is 0 Å². The summed E-state index contributed by atoms with van der Waals surface area (Å²) in [5, 5.41) is 7.57. The van der Waals surface area contributed by atoms with Gasteiger partial charge in [-0.05, 0) is 29.3 Å². The Morgan fingerprint density at radius 2 is 1.59 bits per heavy atom. The van der Waals surface area contributed by atoms with Crippen LogP contribution in [0, 0.1) is 0 Å². The lowest BCUT2D eigenvalue weighted by atomic mass is 10.1. The monoisotopic (exact) mass is 225 g/mol. The van der Waals surface area contributed by atoms with Crippen molar-refractivity contribution in [2.75, 3.05) is 19.0 Å². The maximum Gasteiger partial charge on any atom is 0.0568 e. The Labute approximate surface area is 101 Å². The van der Waals surface area contributed by atoms with E-state index in [0.29, 0.717) is 0 Å². The smallest absolute Gasteiger partial charge is 0.0568 e. The molecule has 0 aliphatic heterocycles. The van der Waals surface area contributed by atoms with Crippen LogP contribution in [0.2, 0.25) is 0 Å². The zero-order valence-corrected chi connectivity index (χ0v) is 10.0. The topological polar surface area (TPSA) is 29.0 Å². The van der Waals surface area contributed by atoms with Gasteiger partial charge in [0.15, 0.2) is 0 Å². The lowest BCUT2D eigenvalue weighted by molar-refractivity contribution is 1.03. The predicted molar refractivity (Wildman–Crippen MR) is 71.7 cm³/mol. The summed E-state index contributed by atoms with van der Waals surface area (Å²) in [5.41, 5.74) is 3.43. The van der Waals surface area contributed by atoms with Gasteiger partial charge >= 0.3 is 0 Å². The molecule has 0 saturated heterocycles. The lowest BCUT2D eigenvalue weighted by Gasteiger charge is -2.11. The molecule has 2 aromatic rings. The highest BCUT2D eigenvalue weighted by Crippen LogP contribution is 2.14. The first-order valence-electron chi connectivity index (χ1n) is 5.48. The van der Waals surface area contributed by atoms with Crippen LogP contribution in [0.4, 0.5) is 5.69 Å². The summed E-state index contributed by atoms with van der Waals surface area (Å²) < 4.78 is 0. The third-order valence-corrected chi connectivity index (χ3v) is 2.48. The Balaban J connectivity index is 2.12. The van der Waals surface area contributed by atoms with E-state index >= 15 is 0 Å². The Morgan fingerprint density at radius 3 is 2.18 bits per heavy atom. The van der Waals surface area contributed by atoms with Crippen LogP contribution in [0.1, 0.15) is 11.1 Å². The van der Waals surface area contributed by atoms with Crippen molar-refractivity contribution in [3.8, 4) is 0 Å². The largest absolute Gasteiger partial charge is 0.378 e. The highest BCUT2D eigenvalue weighted by atomic mass is 15.1. The molecule has 17 heavy (non-hydrogen) atoms. The minimum atomic E-state index is 1.05. The van der Waals surface area contributed by atoms with Crippen molar-refractivity contribution in [3.05, 3.63) is 53.9 Å². The van der Waals surface area contributed by atoms with Crippen LogP contribution < -0.4 is 4.90 Å². The minimum absolute atomic E-state index is 1.05. The van der Waals surface area contributed by atoms with Crippen LogP contribution in [0.5, 0.6) is 0 Å². The second-order valence-electron chi connectivity index (χ2n) is 4.00. The van der Waals surface area contributed by atoms with Gasteiger partial charge in [0.05, 0.1) is 12.4 Å². The first-order valence-corrected chi connectivity index (χ1v) is 5.48. The molecule has 2 rings (SSSR count). The summed E-state index contributed by atoms with van der Waals surface area (Å²) in [5.74, 6) is 0. The molecule has 1 aromatic carbocycles. The van der Waals surface area contributed by atoms with Crippen LogP contribution in [-0.2, 0) is 0 Å². The summed E-state index contributed by atoms with van der Waals surface area (Å²) in [6, 6.07) is 10.3. The van der Waals surface area contributed by atoms with Crippen molar-refractivity contribution >= 4 is 17.8 Å². The Kier molecular flexibility index (Phi) is 3.50. The van der Waals surface area contributed by atoms with Gasteiger partial charge in [0, 0.05) is 19.8 Å². The van der Waals surface area contributed by atoms with Crippen molar-refractivity contribution in [1.29, 1.82) is 0 Å². The lowest BCUT2D eigenvalue weighted by Crippen LogP contribution is -2.07. The fourth-order valence-electron chi connectivity index (χ4n) is 1.48. The van der Waals surface area contributed by atoms with E-state index in [0.717, 1.165) is 5.56 Å². The molecule has 3 nitrogen and oxygen atoms in total. The molecule has 0 spiro atoms. The Bertz CT molecular complexity index is 487. The van der Waals surface area contributed by atoms with Gasteiger partial charge in [0.25, 0.3) is 0 Å². The van der Waals surface area contributed by atoms with Gasteiger partial charge < -0.3 is 4.90 Å². The van der Waals surface area contributed by atoms with Gasteiger partial charge in [-0.15, -0.1) is 0 Å². The maximum atomic E-state index is 3.83. The van der Waals surface area contributed by atoms with Crippen LogP contribution in [-0.4, -0.2) is 24.3 Å².